The Bertz CT molecular complexity index is 1090. The Kier molecular flexibility index (Phi) is 8.95. The minimum absolute atomic E-state index is 0.241. The van der Waals surface area contributed by atoms with Gasteiger partial charge < -0.3 is 14.6 Å². The van der Waals surface area contributed by atoms with E-state index < -0.39 is 5.60 Å². The summed E-state index contributed by atoms with van der Waals surface area (Å²) in [7, 11) is 0. The quantitative estimate of drug-likeness (QED) is 0.346. The molecule has 4 rings (SSSR count). The molecule has 188 valence electrons. The minimum atomic E-state index is -0.854. The number of aryl methyl sites for hydroxylation is 2. The fraction of sp³-hybridized carbons (Fsp3) is 0.444. The van der Waals surface area contributed by atoms with E-state index in [2.05, 4.69) is 22.1 Å². The maximum atomic E-state index is 11.1. The van der Waals surface area contributed by atoms with E-state index >= 15 is 0 Å². The van der Waals surface area contributed by atoms with Gasteiger partial charge in [0.2, 0.25) is 0 Å². The van der Waals surface area contributed by atoms with Crippen LogP contribution >= 0.6 is 23.2 Å². The van der Waals surface area contributed by atoms with Crippen molar-refractivity contribution < 1.29 is 14.6 Å². The molecule has 1 aliphatic heterocycles. The van der Waals surface area contributed by atoms with E-state index in [9.17, 15) is 5.11 Å². The molecule has 2 aromatic carbocycles. The summed E-state index contributed by atoms with van der Waals surface area (Å²) in [5.41, 5.74) is 1.56. The molecule has 1 saturated heterocycles. The molecular weight excluding hydrogens is 485 g/mol. The third kappa shape index (κ3) is 7.87. The normalized spacial score (nSPS) is 18.9. The highest BCUT2D eigenvalue weighted by Gasteiger charge is 2.31. The van der Waals surface area contributed by atoms with Gasteiger partial charge in [-0.25, -0.2) is 0 Å². The second-order valence-corrected chi connectivity index (χ2v) is 10.2. The molecule has 0 radical (unpaired) electrons. The number of nitrogens with zero attached hydrogens (tertiary/aromatic N) is 3. The van der Waals surface area contributed by atoms with Gasteiger partial charge in [0.05, 0.1) is 28.5 Å². The third-order valence-electron chi connectivity index (χ3n) is 6.30. The molecule has 1 N–H and O–H groups in total. The van der Waals surface area contributed by atoms with E-state index in [1.807, 2.05) is 36.1 Å². The van der Waals surface area contributed by atoms with Crippen molar-refractivity contribution in [3.63, 3.8) is 0 Å². The zero-order valence-corrected chi connectivity index (χ0v) is 21.6. The van der Waals surface area contributed by atoms with Crippen molar-refractivity contribution in [2.24, 2.45) is 0 Å². The molecule has 1 aromatic heterocycles. The number of aliphatic hydroxyl groups is 1. The largest absolute Gasteiger partial charge is 0.494 e. The molecule has 1 fully saturated rings. The van der Waals surface area contributed by atoms with Crippen LogP contribution in [0.1, 0.15) is 36.8 Å². The monoisotopic (exact) mass is 517 g/mol. The van der Waals surface area contributed by atoms with Crippen molar-refractivity contribution in [1.29, 1.82) is 0 Å². The topological polar surface area (TPSA) is 59.8 Å². The van der Waals surface area contributed by atoms with Gasteiger partial charge in [-0.15, -0.1) is 0 Å². The number of halogens is 2. The van der Waals surface area contributed by atoms with Crippen LogP contribution in [0.15, 0.2) is 54.9 Å². The lowest BCUT2D eigenvalue weighted by Crippen LogP contribution is -2.37. The van der Waals surface area contributed by atoms with Gasteiger partial charge in [0.15, 0.2) is 0 Å². The third-order valence-corrected chi connectivity index (χ3v) is 7.04. The lowest BCUT2D eigenvalue weighted by atomic mass is 9.96. The first-order chi connectivity index (χ1) is 16.9. The van der Waals surface area contributed by atoms with Gasteiger partial charge in [0.25, 0.3) is 0 Å². The average molecular weight is 518 g/mol. The van der Waals surface area contributed by atoms with Gasteiger partial charge in [-0.05, 0) is 68.1 Å². The number of likely N-dealkylation sites (tertiary alicyclic amines) is 1. The zero-order valence-electron chi connectivity index (χ0n) is 20.1. The molecular formula is C27H33Cl2N3O3. The summed E-state index contributed by atoms with van der Waals surface area (Å²) in [6, 6.07) is 13.5. The highest BCUT2D eigenvalue weighted by atomic mass is 35.5. The molecule has 0 amide bonds. The van der Waals surface area contributed by atoms with Crippen LogP contribution in [-0.4, -0.2) is 51.7 Å². The molecule has 8 heteroatoms. The summed E-state index contributed by atoms with van der Waals surface area (Å²) in [5, 5.41) is 16.3. The number of benzene rings is 2. The van der Waals surface area contributed by atoms with Crippen LogP contribution in [0.5, 0.6) is 11.5 Å². The van der Waals surface area contributed by atoms with E-state index in [1.165, 1.54) is 11.1 Å². The van der Waals surface area contributed by atoms with Crippen LogP contribution in [0.25, 0.3) is 0 Å². The van der Waals surface area contributed by atoms with Gasteiger partial charge in [0.1, 0.15) is 18.1 Å². The zero-order chi connectivity index (χ0) is 24.7. The highest BCUT2D eigenvalue weighted by molar-refractivity contribution is 6.42. The standard InChI is InChI=1S/C27H33Cl2N3O3/c1-21-17-30-32(18-21)13-3-15-34-23-6-4-22(5-7-23)19-31-12-2-10-27(33,11-14-31)20-35-24-8-9-25(28)26(29)16-24/h4-9,16-18,33H,2-3,10-15,19-20H2,1H3. The minimum Gasteiger partial charge on any atom is -0.494 e. The molecule has 0 aliphatic carbocycles. The Hall–Kier alpha value is -2.25. The van der Waals surface area contributed by atoms with Crippen molar-refractivity contribution in [2.45, 2.75) is 51.3 Å². The maximum absolute atomic E-state index is 11.1. The van der Waals surface area contributed by atoms with Crippen molar-refractivity contribution in [2.75, 3.05) is 26.3 Å². The highest BCUT2D eigenvalue weighted by Crippen LogP contribution is 2.29. The van der Waals surface area contributed by atoms with Gasteiger partial charge in [-0.3, -0.25) is 9.58 Å². The lowest BCUT2D eigenvalue weighted by Gasteiger charge is -2.27. The van der Waals surface area contributed by atoms with Gasteiger partial charge in [-0.2, -0.15) is 5.10 Å². The molecule has 6 nitrogen and oxygen atoms in total. The molecule has 0 spiro atoms. The molecule has 1 unspecified atom stereocenters. The number of ether oxygens (including phenoxy) is 2. The Morgan fingerprint density at radius 1 is 1.00 bits per heavy atom. The second kappa shape index (κ2) is 12.1. The number of aromatic nitrogens is 2. The first kappa shape index (κ1) is 25.8. The van der Waals surface area contributed by atoms with E-state index in [0.717, 1.165) is 44.8 Å². The SMILES string of the molecule is Cc1cnn(CCCOc2ccc(CN3CCCC(O)(COc4ccc(Cl)c(Cl)c4)CC3)cc2)c1. The smallest absolute Gasteiger partial charge is 0.121 e. The summed E-state index contributed by atoms with van der Waals surface area (Å²) in [6.45, 7) is 6.40. The number of hydrogen-bond acceptors (Lipinski definition) is 5. The van der Waals surface area contributed by atoms with Crippen molar-refractivity contribution in [3.8, 4) is 11.5 Å². The molecule has 0 saturated carbocycles. The first-order valence-corrected chi connectivity index (χ1v) is 12.9. The Labute approximate surface area is 217 Å². The molecule has 1 aliphatic rings. The fourth-order valence-corrected chi connectivity index (χ4v) is 4.56. The molecule has 3 aromatic rings. The molecule has 2 heterocycles. The molecule has 0 bridgehead atoms. The predicted molar refractivity (Wildman–Crippen MR) is 140 cm³/mol. The Morgan fingerprint density at radius 3 is 2.54 bits per heavy atom. The van der Waals surface area contributed by atoms with E-state index in [0.29, 0.717) is 35.2 Å². The maximum Gasteiger partial charge on any atom is 0.121 e. The van der Waals surface area contributed by atoms with Crippen molar-refractivity contribution >= 4 is 23.2 Å². The van der Waals surface area contributed by atoms with Crippen LogP contribution in [0, 0.1) is 6.92 Å². The number of rotatable bonds is 10. The van der Waals surface area contributed by atoms with Crippen LogP contribution < -0.4 is 9.47 Å². The van der Waals surface area contributed by atoms with Gasteiger partial charge >= 0.3 is 0 Å². The second-order valence-electron chi connectivity index (χ2n) is 9.35. The van der Waals surface area contributed by atoms with E-state index in [-0.39, 0.29) is 6.61 Å². The van der Waals surface area contributed by atoms with Crippen LogP contribution in [0.2, 0.25) is 10.0 Å². The number of hydrogen-bond donors (Lipinski definition) is 1. The van der Waals surface area contributed by atoms with Crippen molar-refractivity contribution in [1.82, 2.24) is 14.7 Å². The summed E-state index contributed by atoms with van der Waals surface area (Å²) in [5.74, 6) is 1.50. The van der Waals surface area contributed by atoms with Crippen LogP contribution in [0.3, 0.4) is 0 Å². The summed E-state index contributed by atoms with van der Waals surface area (Å²) in [6.07, 6.45) is 7.10. The first-order valence-electron chi connectivity index (χ1n) is 12.1. The van der Waals surface area contributed by atoms with Crippen molar-refractivity contribution in [3.05, 3.63) is 76.0 Å². The van der Waals surface area contributed by atoms with Gasteiger partial charge in [-0.1, -0.05) is 35.3 Å². The van der Waals surface area contributed by atoms with Crippen LogP contribution in [-0.2, 0) is 13.1 Å². The Morgan fingerprint density at radius 2 is 1.80 bits per heavy atom. The van der Waals surface area contributed by atoms with Crippen LogP contribution in [0.4, 0.5) is 0 Å². The summed E-state index contributed by atoms with van der Waals surface area (Å²) >= 11 is 12.0. The van der Waals surface area contributed by atoms with E-state index in [4.69, 9.17) is 32.7 Å². The summed E-state index contributed by atoms with van der Waals surface area (Å²) < 4.78 is 13.7. The average Bonchev–Trinajstić information content (AvgIpc) is 3.17. The Balaban J connectivity index is 1.19. The summed E-state index contributed by atoms with van der Waals surface area (Å²) in [4.78, 5) is 2.39. The van der Waals surface area contributed by atoms with E-state index in [1.54, 1.807) is 18.2 Å². The fourth-order valence-electron chi connectivity index (χ4n) is 4.28. The predicted octanol–water partition coefficient (Wildman–Crippen LogP) is 5.76. The molecule has 1 atom stereocenters. The lowest BCUT2D eigenvalue weighted by molar-refractivity contribution is -0.0168. The van der Waals surface area contributed by atoms with Gasteiger partial charge in [0, 0.05) is 38.3 Å². The molecule has 35 heavy (non-hydrogen) atoms.